The first kappa shape index (κ1) is 14.2. The van der Waals surface area contributed by atoms with E-state index in [0.717, 1.165) is 37.6 Å². The average molecular weight is 282 g/mol. The topological polar surface area (TPSA) is 41.1 Å². The van der Waals surface area contributed by atoms with Crippen LogP contribution in [0.15, 0.2) is 42.7 Å². The minimum Gasteiger partial charge on any atom is -0.309 e. The Balaban J connectivity index is 1.69. The van der Waals surface area contributed by atoms with Crippen LogP contribution in [-0.2, 0) is 6.54 Å². The highest BCUT2D eigenvalue weighted by atomic mass is 15.2. The lowest BCUT2D eigenvalue weighted by Crippen LogP contribution is -2.31. The Hall–Kier alpha value is -1.78. The SMILES string of the molecule is Cc1cnc(CN2CCCNC(c3ccccc3)C2)cn1. The van der Waals surface area contributed by atoms with Crippen molar-refractivity contribution in [2.24, 2.45) is 0 Å². The van der Waals surface area contributed by atoms with Crippen molar-refractivity contribution < 1.29 is 0 Å². The highest BCUT2D eigenvalue weighted by molar-refractivity contribution is 5.19. The molecule has 1 aromatic carbocycles. The Bertz CT molecular complexity index is 553. The molecular formula is C17H22N4. The second-order valence-corrected chi connectivity index (χ2v) is 5.66. The minimum absolute atomic E-state index is 0.395. The van der Waals surface area contributed by atoms with Gasteiger partial charge in [-0.2, -0.15) is 0 Å². The number of hydrogen-bond donors (Lipinski definition) is 1. The van der Waals surface area contributed by atoms with E-state index in [4.69, 9.17) is 0 Å². The van der Waals surface area contributed by atoms with Crippen LogP contribution in [0.25, 0.3) is 0 Å². The fourth-order valence-corrected chi connectivity index (χ4v) is 2.78. The number of aryl methyl sites for hydroxylation is 1. The van der Waals surface area contributed by atoms with Crippen molar-refractivity contribution in [1.29, 1.82) is 0 Å². The van der Waals surface area contributed by atoms with Crippen LogP contribution in [0.2, 0.25) is 0 Å². The summed E-state index contributed by atoms with van der Waals surface area (Å²) in [5.74, 6) is 0. The smallest absolute Gasteiger partial charge is 0.0727 e. The van der Waals surface area contributed by atoms with Gasteiger partial charge in [-0.25, -0.2) is 0 Å². The molecule has 0 spiro atoms. The lowest BCUT2D eigenvalue weighted by molar-refractivity contribution is 0.257. The van der Waals surface area contributed by atoms with E-state index in [9.17, 15) is 0 Å². The summed E-state index contributed by atoms with van der Waals surface area (Å²) in [6.07, 6.45) is 4.91. The predicted octanol–water partition coefficient (Wildman–Crippen LogP) is 2.32. The molecule has 1 saturated heterocycles. The van der Waals surface area contributed by atoms with Crippen molar-refractivity contribution in [3.63, 3.8) is 0 Å². The van der Waals surface area contributed by atoms with Crippen molar-refractivity contribution in [1.82, 2.24) is 20.2 Å². The molecule has 2 aromatic rings. The van der Waals surface area contributed by atoms with Gasteiger partial charge in [-0.3, -0.25) is 14.9 Å². The third-order valence-corrected chi connectivity index (χ3v) is 3.90. The van der Waals surface area contributed by atoms with Crippen molar-refractivity contribution in [2.45, 2.75) is 25.9 Å². The van der Waals surface area contributed by atoms with E-state index in [2.05, 4.69) is 50.5 Å². The maximum absolute atomic E-state index is 4.48. The van der Waals surface area contributed by atoms with Gasteiger partial charge < -0.3 is 5.32 Å². The van der Waals surface area contributed by atoms with Crippen LogP contribution in [0.3, 0.4) is 0 Å². The van der Waals surface area contributed by atoms with Crippen molar-refractivity contribution in [2.75, 3.05) is 19.6 Å². The molecule has 1 N–H and O–H groups in total. The Morgan fingerprint density at radius 3 is 2.81 bits per heavy atom. The van der Waals surface area contributed by atoms with Gasteiger partial charge in [-0.15, -0.1) is 0 Å². The Morgan fingerprint density at radius 2 is 2.05 bits per heavy atom. The molecule has 1 aromatic heterocycles. The third-order valence-electron chi connectivity index (χ3n) is 3.90. The summed E-state index contributed by atoms with van der Waals surface area (Å²) < 4.78 is 0. The van der Waals surface area contributed by atoms with Gasteiger partial charge in [0.1, 0.15) is 0 Å². The van der Waals surface area contributed by atoms with E-state index in [1.165, 1.54) is 12.0 Å². The second kappa shape index (κ2) is 6.78. The van der Waals surface area contributed by atoms with Crippen LogP contribution < -0.4 is 5.32 Å². The van der Waals surface area contributed by atoms with Crippen LogP contribution in [0.4, 0.5) is 0 Å². The lowest BCUT2D eigenvalue weighted by atomic mass is 10.1. The molecule has 1 aliphatic rings. The number of nitrogens with one attached hydrogen (secondary N) is 1. The zero-order valence-electron chi connectivity index (χ0n) is 12.5. The van der Waals surface area contributed by atoms with Crippen LogP contribution in [-0.4, -0.2) is 34.5 Å². The van der Waals surface area contributed by atoms with E-state index in [0.29, 0.717) is 6.04 Å². The Kier molecular flexibility index (Phi) is 4.58. The summed E-state index contributed by atoms with van der Waals surface area (Å²) in [7, 11) is 0. The van der Waals surface area contributed by atoms with E-state index < -0.39 is 0 Å². The lowest BCUT2D eigenvalue weighted by Gasteiger charge is -2.24. The Labute approximate surface area is 126 Å². The number of nitrogens with zero attached hydrogens (tertiary/aromatic N) is 3. The number of benzene rings is 1. The van der Waals surface area contributed by atoms with Crippen LogP contribution >= 0.6 is 0 Å². The molecule has 1 atom stereocenters. The summed E-state index contributed by atoms with van der Waals surface area (Å²) in [4.78, 5) is 11.3. The van der Waals surface area contributed by atoms with Gasteiger partial charge in [0, 0.05) is 31.5 Å². The van der Waals surface area contributed by atoms with E-state index in [1.54, 1.807) is 0 Å². The van der Waals surface area contributed by atoms with Gasteiger partial charge in [-0.1, -0.05) is 30.3 Å². The summed E-state index contributed by atoms with van der Waals surface area (Å²) >= 11 is 0. The van der Waals surface area contributed by atoms with E-state index >= 15 is 0 Å². The first-order chi connectivity index (χ1) is 10.3. The minimum atomic E-state index is 0.395. The normalized spacial score (nSPS) is 20.1. The zero-order valence-corrected chi connectivity index (χ0v) is 12.5. The molecular weight excluding hydrogens is 260 g/mol. The van der Waals surface area contributed by atoms with Gasteiger partial charge in [-0.05, 0) is 32.0 Å². The zero-order chi connectivity index (χ0) is 14.5. The van der Waals surface area contributed by atoms with Gasteiger partial charge in [0.15, 0.2) is 0 Å². The predicted molar refractivity (Wildman–Crippen MR) is 83.8 cm³/mol. The van der Waals surface area contributed by atoms with Gasteiger partial charge >= 0.3 is 0 Å². The molecule has 0 aliphatic carbocycles. The highest BCUT2D eigenvalue weighted by Crippen LogP contribution is 2.17. The second-order valence-electron chi connectivity index (χ2n) is 5.66. The fourth-order valence-electron chi connectivity index (χ4n) is 2.78. The number of aromatic nitrogens is 2. The van der Waals surface area contributed by atoms with Crippen LogP contribution in [0.5, 0.6) is 0 Å². The molecule has 0 saturated carbocycles. The third kappa shape index (κ3) is 3.86. The quantitative estimate of drug-likeness (QED) is 0.938. The maximum Gasteiger partial charge on any atom is 0.0727 e. The molecule has 3 rings (SSSR count). The molecule has 4 nitrogen and oxygen atoms in total. The van der Waals surface area contributed by atoms with E-state index in [1.807, 2.05) is 19.3 Å². The number of rotatable bonds is 3. The Morgan fingerprint density at radius 1 is 1.19 bits per heavy atom. The summed E-state index contributed by atoms with van der Waals surface area (Å²) in [6.45, 7) is 6.03. The van der Waals surface area contributed by atoms with Gasteiger partial charge in [0.05, 0.1) is 11.4 Å². The van der Waals surface area contributed by atoms with Crippen LogP contribution in [0.1, 0.15) is 29.4 Å². The first-order valence-electron chi connectivity index (χ1n) is 7.59. The number of hydrogen-bond acceptors (Lipinski definition) is 4. The molecule has 1 fully saturated rings. The molecule has 110 valence electrons. The fraction of sp³-hybridized carbons (Fsp3) is 0.412. The molecule has 1 unspecified atom stereocenters. The van der Waals surface area contributed by atoms with Crippen molar-refractivity contribution in [3.05, 3.63) is 59.7 Å². The van der Waals surface area contributed by atoms with Crippen molar-refractivity contribution in [3.8, 4) is 0 Å². The summed E-state index contributed by atoms with van der Waals surface area (Å²) in [6, 6.07) is 11.1. The van der Waals surface area contributed by atoms with Crippen LogP contribution in [0, 0.1) is 6.92 Å². The average Bonchev–Trinajstić information content (AvgIpc) is 2.76. The molecule has 2 heterocycles. The van der Waals surface area contributed by atoms with Gasteiger partial charge in [0.2, 0.25) is 0 Å². The van der Waals surface area contributed by atoms with Gasteiger partial charge in [0.25, 0.3) is 0 Å². The monoisotopic (exact) mass is 282 g/mol. The molecule has 0 amide bonds. The maximum atomic E-state index is 4.48. The molecule has 21 heavy (non-hydrogen) atoms. The van der Waals surface area contributed by atoms with E-state index in [-0.39, 0.29) is 0 Å². The molecule has 0 radical (unpaired) electrons. The molecule has 0 bridgehead atoms. The molecule has 1 aliphatic heterocycles. The largest absolute Gasteiger partial charge is 0.309 e. The summed E-state index contributed by atoms with van der Waals surface area (Å²) in [5.41, 5.74) is 3.38. The van der Waals surface area contributed by atoms with Crippen molar-refractivity contribution >= 4 is 0 Å². The first-order valence-corrected chi connectivity index (χ1v) is 7.59. The highest BCUT2D eigenvalue weighted by Gasteiger charge is 2.19. The molecule has 4 heteroatoms. The standard InChI is InChI=1S/C17H22N4/c1-14-10-20-16(11-19-14)12-21-9-5-8-18-17(13-21)15-6-3-2-4-7-15/h2-4,6-7,10-11,17-18H,5,8-9,12-13H2,1H3. The summed E-state index contributed by atoms with van der Waals surface area (Å²) in [5, 5.41) is 3.65.